The van der Waals surface area contributed by atoms with Gasteiger partial charge in [-0.1, -0.05) is 31.5 Å². The number of hydrogen-bond acceptors (Lipinski definition) is 3. The number of amides is 1. The van der Waals surface area contributed by atoms with Crippen LogP contribution >= 0.6 is 0 Å². The Kier molecular flexibility index (Phi) is 4.22. The summed E-state index contributed by atoms with van der Waals surface area (Å²) in [5.41, 5.74) is 0.331. The number of anilines is 1. The van der Waals surface area contributed by atoms with Crippen molar-refractivity contribution in [2.45, 2.75) is 25.4 Å². The van der Waals surface area contributed by atoms with Crippen LogP contribution in [0, 0.1) is 0 Å². The normalized spacial score (nSPS) is 17.8. The molecule has 1 heterocycles. The largest absolute Gasteiger partial charge is 0.387 e. The summed E-state index contributed by atoms with van der Waals surface area (Å²) in [6.45, 7) is 3.65. The fourth-order valence-corrected chi connectivity index (χ4v) is 2.61. The average Bonchev–Trinajstić information content (AvgIpc) is 2.37. The molecule has 1 saturated heterocycles. The molecule has 1 aromatic rings. The first kappa shape index (κ1) is 14.0. The molecule has 0 saturated carbocycles. The summed E-state index contributed by atoms with van der Waals surface area (Å²) in [6, 6.07) is 9.61. The number of para-hydroxylation sites is 1. The molecule has 1 aromatic carbocycles. The number of carbonyl (C=O) groups is 1. The average molecular weight is 262 g/mol. The molecule has 0 radical (unpaired) electrons. The molecule has 4 heteroatoms. The molecule has 0 atom stereocenters. The van der Waals surface area contributed by atoms with Gasteiger partial charge in [0.25, 0.3) is 0 Å². The Hall–Kier alpha value is -1.39. The van der Waals surface area contributed by atoms with Crippen molar-refractivity contribution in [3.63, 3.8) is 0 Å². The van der Waals surface area contributed by atoms with E-state index in [4.69, 9.17) is 0 Å². The molecule has 0 aromatic heterocycles. The lowest BCUT2D eigenvalue weighted by Gasteiger charge is -2.46. The molecule has 104 valence electrons. The smallest absolute Gasteiger partial charge is 0.240 e. The monoisotopic (exact) mass is 262 g/mol. The van der Waals surface area contributed by atoms with Crippen LogP contribution in [0.2, 0.25) is 0 Å². The molecule has 1 aliphatic heterocycles. The fourth-order valence-electron chi connectivity index (χ4n) is 2.61. The van der Waals surface area contributed by atoms with Gasteiger partial charge in [-0.15, -0.1) is 0 Å². The molecule has 1 amide bonds. The van der Waals surface area contributed by atoms with Gasteiger partial charge >= 0.3 is 0 Å². The third-order valence-electron chi connectivity index (χ3n) is 3.63. The summed E-state index contributed by atoms with van der Waals surface area (Å²) in [6.07, 6.45) is 1.79. The number of rotatable bonds is 5. The number of nitrogens with zero attached hydrogens (tertiary/aromatic N) is 2. The van der Waals surface area contributed by atoms with E-state index < -0.39 is 5.60 Å². The lowest BCUT2D eigenvalue weighted by molar-refractivity contribution is -0.131. The molecule has 1 fully saturated rings. The van der Waals surface area contributed by atoms with Crippen molar-refractivity contribution in [3.05, 3.63) is 30.3 Å². The van der Waals surface area contributed by atoms with E-state index in [2.05, 4.69) is 6.92 Å². The summed E-state index contributed by atoms with van der Waals surface area (Å²) in [4.78, 5) is 15.8. The van der Waals surface area contributed by atoms with Gasteiger partial charge in [0, 0.05) is 25.8 Å². The fraction of sp³-hybridized carbons (Fsp3) is 0.533. The molecule has 0 unspecified atom stereocenters. The van der Waals surface area contributed by atoms with E-state index in [1.807, 2.05) is 35.2 Å². The molecule has 0 bridgehead atoms. The van der Waals surface area contributed by atoms with Crippen LogP contribution in [0.15, 0.2) is 30.3 Å². The predicted octanol–water partition coefficient (Wildman–Crippen LogP) is 1.50. The number of likely N-dealkylation sites (N-methyl/N-ethyl adjacent to an activating group) is 1. The van der Waals surface area contributed by atoms with Gasteiger partial charge in [0.05, 0.1) is 12.1 Å². The summed E-state index contributed by atoms with van der Waals surface area (Å²) < 4.78 is 0. The van der Waals surface area contributed by atoms with Crippen molar-refractivity contribution in [1.29, 1.82) is 0 Å². The summed E-state index contributed by atoms with van der Waals surface area (Å²) in [5, 5.41) is 10.1. The lowest BCUT2D eigenvalue weighted by atomic mass is 9.89. The molecular weight excluding hydrogens is 240 g/mol. The third kappa shape index (κ3) is 3.33. The Bertz CT molecular complexity index is 427. The number of aliphatic hydroxyl groups is 1. The van der Waals surface area contributed by atoms with Crippen molar-refractivity contribution in [2.75, 3.05) is 31.6 Å². The van der Waals surface area contributed by atoms with Gasteiger partial charge in [-0.3, -0.25) is 9.69 Å². The quantitative estimate of drug-likeness (QED) is 0.874. The Morgan fingerprint density at radius 2 is 2.00 bits per heavy atom. The number of hydrogen-bond donors (Lipinski definition) is 1. The van der Waals surface area contributed by atoms with Crippen LogP contribution in [-0.2, 0) is 4.79 Å². The minimum atomic E-state index is -0.569. The van der Waals surface area contributed by atoms with Gasteiger partial charge in [0.1, 0.15) is 0 Å². The van der Waals surface area contributed by atoms with E-state index in [0.717, 1.165) is 18.5 Å². The van der Waals surface area contributed by atoms with E-state index in [1.165, 1.54) is 0 Å². The highest BCUT2D eigenvalue weighted by Gasteiger charge is 2.40. The van der Waals surface area contributed by atoms with Crippen molar-refractivity contribution >= 4 is 11.6 Å². The highest BCUT2D eigenvalue weighted by atomic mass is 16.3. The molecule has 1 aliphatic rings. The topological polar surface area (TPSA) is 43.8 Å². The maximum absolute atomic E-state index is 12.1. The van der Waals surface area contributed by atoms with Gasteiger partial charge in [-0.2, -0.15) is 0 Å². The summed E-state index contributed by atoms with van der Waals surface area (Å²) in [5.74, 6) is 0.0600. The lowest BCUT2D eigenvalue weighted by Crippen LogP contribution is -2.63. The van der Waals surface area contributed by atoms with E-state index in [-0.39, 0.29) is 5.91 Å². The SMILES string of the molecule is CCCC1(O)CN(CC(=O)N(C)c2ccccc2)C1. The Morgan fingerprint density at radius 1 is 1.37 bits per heavy atom. The standard InChI is InChI=1S/C15H22N2O2/c1-3-9-15(19)11-17(12-15)10-14(18)16(2)13-7-5-4-6-8-13/h4-8,19H,3,9-12H2,1-2H3. The van der Waals surface area contributed by atoms with Crippen LogP contribution in [0.25, 0.3) is 0 Å². The van der Waals surface area contributed by atoms with Crippen LogP contribution in [0.5, 0.6) is 0 Å². The second-order valence-electron chi connectivity index (χ2n) is 5.41. The Labute approximate surface area is 114 Å². The maximum atomic E-state index is 12.1. The number of likely N-dealkylation sites (tertiary alicyclic amines) is 1. The summed E-state index contributed by atoms with van der Waals surface area (Å²) in [7, 11) is 1.79. The van der Waals surface area contributed by atoms with Crippen LogP contribution in [0.4, 0.5) is 5.69 Å². The van der Waals surface area contributed by atoms with Gasteiger partial charge in [-0.25, -0.2) is 0 Å². The molecule has 1 N–H and O–H groups in total. The van der Waals surface area contributed by atoms with Crippen LogP contribution in [0.3, 0.4) is 0 Å². The number of benzene rings is 1. The Balaban J connectivity index is 1.83. The van der Waals surface area contributed by atoms with Crippen molar-refractivity contribution in [1.82, 2.24) is 4.90 Å². The number of β-amino-alcohol motifs (C(OH)–C–C–N with tert-alkyl or cyclic N) is 1. The second kappa shape index (κ2) is 5.72. The third-order valence-corrected chi connectivity index (χ3v) is 3.63. The van der Waals surface area contributed by atoms with E-state index >= 15 is 0 Å². The molecule has 0 spiro atoms. The molecule has 2 rings (SSSR count). The summed E-state index contributed by atoms with van der Waals surface area (Å²) >= 11 is 0. The minimum Gasteiger partial charge on any atom is -0.387 e. The van der Waals surface area contributed by atoms with Crippen molar-refractivity contribution in [2.24, 2.45) is 0 Å². The Morgan fingerprint density at radius 3 is 2.58 bits per heavy atom. The molecule has 0 aliphatic carbocycles. The van der Waals surface area contributed by atoms with Gasteiger partial charge in [0.15, 0.2) is 0 Å². The van der Waals surface area contributed by atoms with Crippen molar-refractivity contribution < 1.29 is 9.90 Å². The highest BCUT2D eigenvalue weighted by molar-refractivity contribution is 5.94. The van der Waals surface area contributed by atoms with E-state index in [0.29, 0.717) is 19.6 Å². The maximum Gasteiger partial charge on any atom is 0.240 e. The number of carbonyl (C=O) groups excluding carboxylic acids is 1. The van der Waals surface area contributed by atoms with Crippen molar-refractivity contribution in [3.8, 4) is 0 Å². The van der Waals surface area contributed by atoms with Crippen LogP contribution in [0.1, 0.15) is 19.8 Å². The van der Waals surface area contributed by atoms with Gasteiger partial charge < -0.3 is 10.0 Å². The molecule has 4 nitrogen and oxygen atoms in total. The first-order valence-electron chi connectivity index (χ1n) is 6.80. The van der Waals surface area contributed by atoms with Gasteiger partial charge in [-0.05, 0) is 18.6 Å². The second-order valence-corrected chi connectivity index (χ2v) is 5.41. The first-order valence-corrected chi connectivity index (χ1v) is 6.80. The van der Waals surface area contributed by atoms with E-state index in [1.54, 1.807) is 11.9 Å². The molecule has 19 heavy (non-hydrogen) atoms. The zero-order chi connectivity index (χ0) is 13.9. The van der Waals surface area contributed by atoms with Gasteiger partial charge in [0.2, 0.25) is 5.91 Å². The molecular formula is C15H22N2O2. The first-order chi connectivity index (χ1) is 9.04. The minimum absolute atomic E-state index is 0.0600. The zero-order valence-corrected chi connectivity index (χ0v) is 11.7. The predicted molar refractivity (Wildman–Crippen MR) is 76.1 cm³/mol. The van der Waals surface area contributed by atoms with E-state index in [9.17, 15) is 9.90 Å². The van der Waals surface area contributed by atoms with Crippen LogP contribution in [-0.4, -0.2) is 48.2 Å². The zero-order valence-electron chi connectivity index (χ0n) is 11.7. The highest BCUT2D eigenvalue weighted by Crippen LogP contribution is 2.25. The van der Waals surface area contributed by atoms with Crippen LogP contribution < -0.4 is 4.90 Å².